The lowest BCUT2D eigenvalue weighted by atomic mass is 9.80. The predicted octanol–water partition coefficient (Wildman–Crippen LogP) is 16.0. The number of benzene rings is 10. The van der Waals surface area contributed by atoms with E-state index in [1.807, 2.05) is 12.1 Å². The molecule has 1 heterocycles. The van der Waals surface area contributed by atoms with Crippen molar-refractivity contribution in [3.05, 3.63) is 205 Å². The van der Waals surface area contributed by atoms with E-state index < -0.39 is 0 Å². The molecule has 0 saturated heterocycles. The highest BCUT2D eigenvalue weighted by atomic mass is 16.3. The Balaban J connectivity index is 0.949. The smallest absolute Gasteiger partial charge is 0.143 e. The van der Waals surface area contributed by atoms with Crippen LogP contribution >= 0.6 is 0 Å². The van der Waals surface area contributed by atoms with E-state index >= 15 is 0 Å². The van der Waals surface area contributed by atoms with Crippen LogP contribution in [0.25, 0.3) is 110 Å². The van der Waals surface area contributed by atoms with Crippen LogP contribution in [0.1, 0.15) is 25.0 Å². The third kappa shape index (κ3) is 4.77. The molecule has 1 nitrogen and oxygen atoms in total. The Hall–Kier alpha value is -7.22. The maximum Gasteiger partial charge on any atom is 0.143 e. The minimum Gasteiger partial charge on any atom is -0.455 e. The summed E-state index contributed by atoms with van der Waals surface area (Å²) in [6.45, 7) is 4.75. The molecule has 272 valence electrons. The van der Waals surface area contributed by atoms with E-state index in [9.17, 15) is 0 Å². The van der Waals surface area contributed by atoms with Crippen LogP contribution in [0.5, 0.6) is 0 Å². The van der Waals surface area contributed by atoms with E-state index in [-0.39, 0.29) is 5.41 Å². The molecule has 1 aromatic heterocycles. The molecule has 1 heteroatoms. The largest absolute Gasteiger partial charge is 0.455 e. The van der Waals surface area contributed by atoms with Crippen molar-refractivity contribution in [2.75, 3.05) is 0 Å². The standard InChI is InChI=1S/C57H38O/c1-57(2)51-33-31-40(34-50(51)48-32-30-36-12-3-4-13-41(36)55(48)57)35-22-26-38(27-23-35)53-44-15-5-7-17-46(44)54(47-18-8-6-16-45(47)53)39-28-24-37(25-29-39)42-19-11-20-49-43-14-9-10-21-52(43)58-56(42)49/h3-34H,1-2H3. The zero-order chi connectivity index (χ0) is 38.5. The van der Waals surface area contributed by atoms with Crippen LogP contribution in [-0.4, -0.2) is 0 Å². The zero-order valence-corrected chi connectivity index (χ0v) is 32.4. The number of hydrogen-bond acceptors (Lipinski definition) is 1. The predicted molar refractivity (Wildman–Crippen MR) is 246 cm³/mol. The van der Waals surface area contributed by atoms with Crippen molar-refractivity contribution in [1.82, 2.24) is 0 Å². The normalized spacial score (nSPS) is 13.1. The molecule has 0 fully saturated rings. The van der Waals surface area contributed by atoms with E-state index in [0.29, 0.717) is 0 Å². The van der Waals surface area contributed by atoms with Gasteiger partial charge < -0.3 is 4.42 Å². The summed E-state index contributed by atoms with van der Waals surface area (Å²) in [5, 5.41) is 9.96. The Morgan fingerprint density at radius 2 is 0.862 bits per heavy atom. The van der Waals surface area contributed by atoms with Crippen molar-refractivity contribution >= 4 is 54.3 Å². The average molecular weight is 739 g/mol. The van der Waals surface area contributed by atoms with Crippen LogP contribution in [0.2, 0.25) is 0 Å². The highest BCUT2D eigenvalue weighted by molar-refractivity contribution is 6.21. The Morgan fingerprint density at radius 3 is 1.52 bits per heavy atom. The molecule has 12 rings (SSSR count). The Labute approximate surface area is 337 Å². The molecule has 0 radical (unpaired) electrons. The van der Waals surface area contributed by atoms with Crippen LogP contribution in [-0.2, 0) is 5.41 Å². The summed E-state index contributed by atoms with van der Waals surface area (Å²) in [5.74, 6) is 0. The Bertz CT molecular complexity index is 3390. The monoisotopic (exact) mass is 738 g/mol. The number of para-hydroxylation sites is 2. The second-order valence-corrected chi connectivity index (χ2v) is 16.4. The quantitative estimate of drug-likeness (QED) is 0.164. The van der Waals surface area contributed by atoms with Crippen LogP contribution in [0.15, 0.2) is 199 Å². The van der Waals surface area contributed by atoms with Gasteiger partial charge in [0.1, 0.15) is 11.2 Å². The van der Waals surface area contributed by atoms with Gasteiger partial charge in [-0.15, -0.1) is 0 Å². The summed E-state index contributed by atoms with van der Waals surface area (Å²) in [7, 11) is 0. The van der Waals surface area contributed by atoms with Gasteiger partial charge in [0.2, 0.25) is 0 Å². The van der Waals surface area contributed by atoms with E-state index in [2.05, 4.69) is 196 Å². The van der Waals surface area contributed by atoms with Gasteiger partial charge in [-0.1, -0.05) is 196 Å². The summed E-state index contributed by atoms with van der Waals surface area (Å²) >= 11 is 0. The van der Waals surface area contributed by atoms with Gasteiger partial charge in [0, 0.05) is 21.8 Å². The molecule has 58 heavy (non-hydrogen) atoms. The average Bonchev–Trinajstić information content (AvgIpc) is 3.77. The lowest BCUT2D eigenvalue weighted by Gasteiger charge is -2.23. The van der Waals surface area contributed by atoms with Crippen molar-refractivity contribution in [2.24, 2.45) is 0 Å². The summed E-state index contributed by atoms with van der Waals surface area (Å²) in [6.07, 6.45) is 0. The lowest BCUT2D eigenvalue weighted by Crippen LogP contribution is -2.15. The molecule has 10 aromatic carbocycles. The SMILES string of the molecule is CC1(C)c2ccc(-c3ccc(-c4c5ccccc5c(-c5ccc(-c6cccc7c6oc6ccccc67)cc5)c5ccccc45)cc3)cc2-c2ccc3ccccc3c21. The first kappa shape index (κ1) is 33.0. The first-order chi connectivity index (χ1) is 28.5. The van der Waals surface area contributed by atoms with Crippen LogP contribution < -0.4 is 0 Å². The molecule has 0 spiro atoms. The fourth-order valence-electron chi connectivity index (χ4n) is 10.2. The molecule has 0 unspecified atom stereocenters. The summed E-state index contributed by atoms with van der Waals surface area (Å²) < 4.78 is 6.41. The summed E-state index contributed by atoms with van der Waals surface area (Å²) in [6, 6.07) is 71.3. The summed E-state index contributed by atoms with van der Waals surface area (Å²) in [5.41, 5.74) is 17.0. The van der Waals surface area contributed by atoms with Gasteiger partial charge in [0.25, 0.3) is 0 Å². The molecule has 0 amide bonds. The van der Waals surface area contributed by atoms with Crippen molar-refractivity contribution < 1.29 is 4.42 Å². The van der Waals surface area contributed by atoms with Crippen molar-refractivity contribution in [3.63, 3.8) is 0 Å². The van der Waals surface area contributed by atoms with Crippen LogP contribution in [0, 0.1) is 0 Å². The van der Waals surface area contributed by atoms with E-state index in [4.69, 9.17) is 4.42 Å². The Kier molecular flexibility index (Phi) is 7.04. The maximum atomic E-state index is 6.41. The topological polar surface area (TPSA) is 13.1 Å². The minimum atomic E-state index is -0.0612. The van der Waals surface area contributed by atoms with Gasteiger partial charge in [-0.2, -0.15) is 0 Å². The molecule has 0 bridgehead atoms. The highest BCUT2D eigenvalue weighted by Crippen LogP contribution is 2.52. The first-order valence-corrected chi connectivity index (χ1v) is 20.3. The zero-order valence-electron chi connectivity index (χ0n) is 32.4. The van der Waals surface area contributed by atoms with Crippen LogP contribution in [0.3, 0.4) is 0 Å². The fourth-order valence-corrected chi connectivity index (χ4v) is 10.2. The van der Waals surface area contributed by atoms with Gasteiger partial charge >= 0.3 is 0 Å². The molecule has 0 aliphatic heterocycles. The van der Waals surface area contributed by atoms with E-state index in [0.717, 1.165) is 33.1 Å². The van der Waals surface area contributed by atoms with Gasteiger partial charge in [0.15, 0.2) is 0 Å². The third-order valence-electron chi connectivity index (χ3n) is 12.9. The second kappa shape index (κ2) is 12.4. The minimum absolute atomic E-state index is 0.0612. The van der Waals surface area contributed by atoms with Crippen molar-refractivity contribution in [3.8, 4) is 55.6 Å². The van der Waals surface area contributed by atoms with Gasteiger partial charge in [-0.3, -0.25) is 0 Å². The van der Waals surface area contributed by atoms with E-state index in [1.54, 1.807) is 0 Å². The maximum absolute atomic E-state index is 6.41. The molecule has 0 saturated carbocycles. The third-order valence-corrected chi connectivity index (χ3v) is 12.9. The number of rotatable bonds is 4. The van der Waals surface area contributed by atoms with Gasteiger partial charge in [-0.05, 0) is 106 Å². The molecule has 11 aromatic rings. The lowest BCUT2D eigenvalue weighted by molar-refractivity contribution is 0.666. The summed E-state index contributed by atoms with van der Waals surface area (Å²) in [4.78, 5) is 0. The number of fused-ring (bicyclic) bond motifs is 10. The fraction of sp³-hybridized carbons (Fsp3) is 0.0526. The van der Waals surface area contributed by atoms with E-state index in [1.165, 1.54) is 88.0 Å². The molecular weight excluding hydrogens is 701 g/mol. The molecule has 0 atom stereocenters. The molecule has 1 aliphatic rings. The second-order valence-electron chi connectivity index (χ2n) is 16.4. The van der Waals surface area contributed by atoms with Gasteiger partial charge in [0.05, 0.1) is 0 Å². The number of hydrogen-bond donors (Lipinski definition) is 0. The van der Waals surface area contributed by atoms with Crippen molar-refractivity contribution in [2.45, 2.75) is 19.3 Å². The van der Waals surface area contributed by atoms with Crippen molar-refractivity contribution in [1.29, 1.82) is 0 Å². The number of furan rings is 1. The molecule has 1 aliphatic carbocycles. The Morgan fingerprint density at radius 1 is 0.345 bits per heavy atom. The molecular formula is C57H38O. The highest BCUT2D eigenvalue weighted by Gasteiger charge is 2.37. The first-order valence-electron chi connectivity index (χ1n) is 20.3. The molecule has 0 N–H and O–H groups in total. The van der Waals surface area contributed by atoms with Crippen LogP contribution in [0.4, 0.5) is 0 Å². The van der Waals surface area contributed by atoms with Gasteiger partial charge in [-0.25, -0.2) is 0 Å².